The molecule has 0 aromatic heterocycles. The van der Waals surface area contributed by atoms with E-state index in [9.17, 15) is 14.7 Å². The average Bonchev–Trinajstić information content (AvgIpc) is 2.40. The minimum absolute atomic E-state index is 0.184. The normalized spacial score (nSPS) is 11.6. The monoisotopic (exact) mass is 281 g/mol. The molecule has 0 heterocycles. The van der Waals surface area contributed by atoms with Crippen LogP contribution >= 0.6 is 0 Å². The standard InChI is InChI=1S/C14H19NO5/c1-9-4-10(2)6-11(5-9)20-8-13(17)15-7-12(16)14(18)19-3/h4-6,12,16H,7-8H2,1-3H3,(H,15,17). The van der Waals surface area contributed by atoms with Gasteiger partial charge in [-0.2, -0.15) is 0 Å². The van der Waals surface area contributed by atoms with Gasteiger partial charge in [-0.1, -0.05) is 6.07 Å². The quantitative estimate of drug-likeness (QED) is 0.734. The third kappa shape index (κ3) is 5.27. The molecule has 6 heteroatoms. The topological polar surface area (TPSA) is 84.9 Å². The van der Waals surface area contributed by atoms with E-state index in [1.54, 1.807) is 0 Å². The molecule has 1 atom stereocenters. The van der Waals surface area contributed by atoms with Crippen LogP contribution in [-0.2, 0) is 14.3 Å². The number of benzene rings is 1. The first-order chi connectivity index (χ1) is 9.42. The molecule has 0 spiro atoms. The molecule has 1 unspecified atom stereocenters. The number of rotatable bonds is 6. The van der Waals surface area contributed by atoms with Crippen molar-refractivity contribution in [2.75, 3.05) is 20.3 Å². The van der Waals surface area contributed by atoms with Gasteiger partial charge < -0.3 is 19.9 Å². The summed E-state index contributed by atoms with van der Waals surface area (Å²) in [5.74, 6) is -0.612. The van der Waals surface area contributed by atoms with Crippen molar-refractivity contribution in [3.63, 3.8) is 0 Å². The fourth-order valence-corrected chi connectivity index (χ4v) is 1.65. The Bertz CT molecular complexity index is 466. The number of esters is 1. The van der Waals surface area contributed by atoms with Gasteiger partial charge in [0.15, 0.2) is 12.7 Å². The summed E-state index contributed by atoms with van der Waals surface area (Å²) in [5, 5.41) is 11.7. The van der Waals surface area contributed by atoms with Crippen LogP contribution in [0.3, 0.4) is 0 Å². The Morgan fingerprint density at radius 3 is 2.40 bits per heavy atom. The lowest BCUT2D eigenvalue weighted by Crippen LogP contribution is -2.39. The number of amides is 1. The van der Waals surface area contributed by atoms with Crippen LogP contribution in [0.5, 0.6) is 5.75 Å². The van der Waals surface area contributed by atoms with E-state index in [0.717, 1.165) is 18.2 Å². The summed E-state index contributed by atoms with van der Waals surface area (Å²) in [4.78, 5) is 22.4. The van der Waals surface area contributed by atoms with E-state index in [-0.39, 0.29) is 13.2 Å². The molecule has 1 aromatic carbocycles. The number of aliphatic hydroxyl groups excluding tert-OH is 1. The van der Waals surface area contributed by atoms with Crippen LogP contribution in [0.4, 0.5) is 0 Å². The van der Waals surface area contributed by atoms with Crippen molar-refractivity contribution in [3.05, 3.63) is 29.3 Å². The third-order valence-electron chi connectivity index (χ3n) is 2.53. The summed E-state index contributed by atoms with van der Waals surface area (Å²) < 4.78 is 9.67. The smallest absolute Gasteiger partial charge is 0.336 e. The van der Waals surface area contributed by atoms with Gasteiger partial charge in [0.25, 0.3) is 5.91 Å². The van der Waals surface area contributed by atoms with Gasteiger partial charge in [0.1, 0.15) is 5.75 Å². The van der Waals surface area contributed by atoms with E-state index in [0.29, 0.717) is 5.75 Å². The zero-order chi connectivity index (χ0) is 15.1. The molecule has 1 aromatic rings. The van der Waals surface area contributed by atoms with Crippen molar-refractivity contribution in [1.82, 2.24) is 5.32 Å². The van der Waals surface area contributed by atoms with Crippen LogP contribution in [0.15, 0.2) is 18.2 Å². The molecule has 110 valence electrons. The minimum Gasteiger partial charge on any atom is -0.484 e. The number of nitrogens with one attached hydrogen (secondary N) is 1. The highest BCUT2D eigenvalue weighted by Crippen LogP contribution is 2.15. The zero-order valence-corrected chi connectivity index (χ0v) is 11.8. The Morgan fingerprint density at radius 1 is 1.25 bits per heavy atom. The Hall–Kier alpha value is -2.08. The van der Waals surface area contributed by atoms with Crippen LogP contribution in [0.2, 0.25) is 0 Å². The second kappa shape index (κ2) is 7.49. The number of hydrogen-bond donors (Lipinski definition) is 2. The molecule has 6 nitrogen and oxygen atoms in total. The van der Waals surface area contributed by atoms with E-state index < -0.39 is 18.0 Å². The lowest BCUT2D eigenvalue weighted by atomic mass is 10.1. The van der Waals surface area contributed by atoms with Crippen LogP contribution < -0.4 is 10.1 Å². The Balaban J connectivity index is 2.38. The first-order valence-corrected chi connectivity index (χ1v) is 6.16. The number of aryl methyl sites for hydroxylation is 2. The van der Waals surface area contributed by atoms with E-state index >= 15 is 0 Å². The molecule has 20 heavy (non-hydrogen) atoms. The van der Waals surface area contributed by atoms with Crippen LogP contribution in [0.25, 0.3) is 0 Å². The maximum Gasteiger partial charge on any atom is 0.336 e. The minimum atomic E-state index is -1.37. The predicted molar refractivity (Wildman–Crippen MR) is 72.4 cm³/mol. The summed E-state index contributed by atoms with van der Waals surface area (Å²) in [7, 11) is 1.16. The summed E-state index contributed by atoms with van der Waals surface area (Å²) in [5.41, 5.74) is 2.09. The number of aliphatic hydroxyl groups is 1. The molecule has 1 amide bonds. The van der Waals surface area contributed by atoms with E-state index in [2.05, 4.69) is 10.1 Å². The SMILES string of the molecule is COC(=O)C(O)CNC(=O)COc1cc(C)cc(C)c1. The third-order valence-corrected chi connectivity index (χ3v) is 2.53. The fraction of sp³-hybridized carbons (Fsp3) is 0.429. The van der Waals surface area contributed by atoms with Gasteiger partial charge in [-0.05, 0) is 37.1 Å². The van der Waals surface area contributed by atoms with Crippen molar-refractivity contribution in [2.45, 2.75) is 20.0 Å². The number of carbonyl (C=O) groups excluding carboxylic acids is 2. The van der Waals surface area contributed by atoms with Crippen molar-refractivity contribution in [3.8, 4) is 5.75 Å². The number of ether oxygens (including phenoxy) is 2. The number of carbonyl (C=O) groups is 2. The van der Waals surface area contributed by atoms with Crippen LogP contribution in [0, 0.1) is 13.8 Å². The van der Waals surface area contributed by atoms with Gasteiger partial charge in [0.2, 0.25) is 0 Å². The lowest BCUT2D eigenvalue weighted by molar-refractivity contribution is -0.150. The molecule has 0 aliphatic heterocycles. The number of hydrogen-bond acceptors (Lipinski definition) is 5. The van der Waals surface area contributed by atoms with Gasteiger partial charge in [0, 0.05) is 0 Å². The maximum absolute atomic E-state index is 11.5. The Morgan fingerprint density at radius 2 is 1.85 bits per heavy atom. The second-order valence-corrected chi connectivity index (χ2v) is 4.46. The first-order valence-electron chi connectivity index (χ1n) is 6.16. The first kappa shape index (κ1) is 16.0. The summed E-state index contributed by atoms with van der Waals surface area (Å²) >= 11 is 0. The fourth-order valence-electron chi connectivity index (χ4n) is 1.65. The van der Waals surface area contributed by atoms with Crippen molar-refractivity contribution < 1.29 is 24.2 Å². The van der Waals surface area contributed by atoms with Crippen molar-refractivity contribution in [1.29, 1.82) is 0 Å². The van der Waals surface area contributed by atoms with Crippen LogP contribution in [0.1, 0.15) is 11.1 Å². The zero-order valence-electron chi connectivity index (χ0n) is 11.8. The maximum atomic E-state index is 11.5. The summed E-state index contributed by atoms with van der Waals surface area (Å²) in [6.07, 6.45) is -1.37. The summed E-state index contributed by atoms with van der Waals surface area (Å²) in [6.45, 7) is 3.48. The molecule has 0 radical (unpaired) electrons. The van der Waals surface area contributed by atoms with Gasteiger partial charge >= 0.3 is 5.97 Å². The second-order valence-electron chi connectivity index (χ2n) is 4.46. The molecule has 0 aliphatic rings. The molecule has 1 rings (SSSR count). The molecule has 0 saturated carbocycles. The van der Waals surface area contributed by atoms with Crippen LogP contribution in [-0.4, -0.2) is 43.3 Å². The molecule has 0 aliphatic carbocycles. The van der Waals surface area contributed by atoms with Gasteiger partial charge in [-0.3, -0.25) is 4.79 Å². The van der Waals surface area contributed by atoms with Gasteiger partial charge in [-0.25, -0.2) is 4.79 Å². The molecule has 0 fully saturated rings. The lowest BCUT2D eigenvalue weighted by Gasteiger charge is -2.11. The van der Waals surface area contributed by atoms with E-state index in [4.69, 9.17) is 4.74 Å². The largest absolute Gasteiger partial charge is 0.484 e. The average molecular weight is 281 g/mol. The summed E-state index contributed by atoms with van der Waals surface area (Å²) in [6, 6.07) is 5.65. The van der Waals surface area contributed by atoms with Gasteiger partial charge in [-0.15, -0.1) is 0 Å². The molecular formula is C14H19NO5. The van der Waals surface area contributed by atoms with Gasteiger partial charge in [0.05, 0.1) is 13.7 Å². The molecular weight excluding hydrogens is 262 g/mol. The van der Waals surface area contributed by atoms with E-state index in [1.165, 1.54) is 0 Å². The Labute approximate surface area is 117 Å². The molecule has 0 saturated heterocycles. The van der Waals surface area contributed by atoms with E-state index in [1.807, 2.05) is 32.0 Å². The highest BCUT2D eigenvalue weighted by molar-refractivity contribution is 5.79. The Kier molecular flexibility index (Phi) is 5.99. The highest BCUT2D eigenvalue weighted by Gasteiger charge is 2.16. The van der Waals surface area contributed by atoms with Crippen molar-refractivity contribution >= 4 is 11.9 Å². The predicted octanol–water partition coefficient (Wildman–Crippen LogP) is 0.332. The molecule has 2 N–H and O–H groups in total. The van der Waals surface area contributed by atoms with Crippen molar-refractivity contribution in [2.24, 2.45) is 0 Å². The highest BCUT2D eigenvalue weighted by atomic mass is 16.5. The molecule has 0 bridgehead atoms. The number of methoxy groups -OCH3 is 1.